The van der Waals surface area contributed by atoms with Crippen molar-refractivity contribution < 1.29 is 24.8 Å². The van der Waals surface area contributed by atoms with E-state index in [1.807, 2.05) is 0 Å². The molecule has 0 fully saturated rings. The molecule has 0 aliphatic rings. The number of ether oxygens (including phenoxy) is 2. The smallest absolute Gasteiger partial charge is 0.209 e. The summed E-state index contributed by atoms with van der Waals surface area (Å²) in [6.45, 7) is 1.85. The molecule has 7 heteroatoms. The molecule has 0 rings (SSSR count). The second kappa shape index (κ2) is 9.52. The van der Waals surface area contributed by atoms with E-state index < -0.39 is 24.8 Å². The Labute approximate surface area is 107 Å². The molecule has 0 spiro atoms. The van der Waals surface area contributed by atoms with Crippen molar-refractivity contribution in [3.8, 4) is 0 Å². The maximum absolute atomic E-state index is 9.31. The number of thiol groups is 2. The first kappa shape index (κ1) is 16.5. The molecule has 5 nitrogen and oxygen atoms in total. The van der Waals surface area contributed by atoms with Crippen LogP contribution in [-0.2, 0) is 9.47 Å². The minimum absolute atomic E-state index is 0.261. The Morgan fingerprint density at radius 3 is 2.19 bits per heavy atom. The zero-order chi connectivity index (χ0) is 12.6. The fourth-order valence-electron chi connectivity index (χ4n) is 0.941. The Kier molecular flexibility index (Phi) is 9.82. The summed E-state index contributed by atoms with van der Waals surface area (Å²) < 4.78 is 10.3. The van der Waals surface area contributed by atoms with Crippen molar-refractivity contribution in [3.05, 3.63) is 0 Å². The van der Waals surface area contributed by atoms with Crippen molar-refractivity contribution >= 4 is 25.3 Å². The summed E-state index contributed by atoms with van der Waals surface area (Å²) in [4.78, 5) is 0. The SMILES string of the molecule is C[C@@H](O)C(CS)OC(OCCCS)C(O)O. The molecule has 0 aromatic rings. The predicted octanol–water partition coefficient (Wildman–Crippen LogP) is -0.345. The summed E-state index contributed by atoms with van der Waals surface area (Å²) in [5, 5.41) is 27.3. The molecule has 0 saturated heterocycles. The third-order valence-electron chi connectivity index (χ3n) is 1.85. The van der Waals surface area contributed by atoms with Gasteiger partial charge in [-0.05, 0) is 19.1 Å². The minimum atomic E-state index is -1.75. The maximum atomic E-state index is 9.31. The van der Waals surface area contributed by atoms with Gasteiger partial charge in [-0.15, -0.1) is 0 Å². The van der Waals surface area contributed by atoms with Crippen LogP contribution in [0.2, 0.25) is 0 Å². The standard InChI is InChI=1S/C9H20O5S2/c1-6(10)7(5-16)14-9(8(11)12)13-3-2-4-15/h6-12,15-16H,2-5H2,1H3/t6-,7?,9?/m1/s1. The van der Waals surface area contributed by atoms with Crippen LogP contribution in [0, 0.1) is 0 Å². The van der Waals surface area contributed by atoms with E-state index in [2.05, 4.69) is 25.3 Å². The topological polar surface area (TPSA) is 79.2 Å². The van der Waals surface area contributed by atoms with Crippen LogP contribution in [0.3, 0.4) is 0 Å². The van der Waals surface area contributed by atoms with E-state index in [-0.39, 0.29) is 5.75 Å². The summed E-state index contributed by atoms with van der Waals surface area (Å²) >= 11 is 7.99. The lowest BCUT2D eigenvalue weighted by Gasteiger charge is -2.26. The fraction of sp³-hybridized carbons (Fsp3) is 1.00. The van der Waals surface area contributed by atoms with Gasteiger partial charge in [-0.3, -0.25) is 0 Å². The molecule has 0 amide bonds. The van der Waals surface area contributed by atoms with Gasteiger partial charge in [0.15, 0.2) is 0 Å². The van der Waals surface area contributed by atoms with E-state index in [0.29, 0.717) is 18.8 Å². The molecule has 0 aromatic heterocycles. The van der Waals surface area contributed by atoms with E-state index in [9.17, 15) is 5.11 Å². The Hall–Kier alpha value is 0.500. The Bertz CT molecular complexity index is 168. The molecule has 3 atom stereocenters. The highest BCUT2D eigenvalue weighted by Crippen LogP contribution is 2.09. The van der Waals surface area contributed by atoms with Gasteiger partial charge < -0.3 is 24.8 Å². The highest BCUT2D eigenvalue weighted by molar-refractivity contribution is 7.80. The second-order valence-electron chi connectivity index (χ2n) is 3.33. The zero-order valence-corrected chi connectivity index (χ0v) is 11.0. The molecule has 0 bridgehead atoms. The first-order valence-electron chi connectivity index (χ1n) is 5.06. The van der Waals surface area contributed by atoms with E-state index in [1.165, 1.54) is 6.92 Å². The van der Waals surface area contributed by atoms with Crippen LogP contribution in [0.1, 0.15) is 13.3 Å². The van der Waals surface area contributed by atoms with Gasteiger partial charge in [-0.1, -0.05) is 0 Å². The number of rotatable bonds is 9. The first-order valence-corrected chi connectivity index (χ1v) is 6.32. The molecule has 0 aromatic carbocycles. The van der Waals surface area contributed by atoms with Crippen LogP contribution in [-0.4, -0.2) is 58.2 Å². The lowest BCUT2D eigenvalue weighted by molar-refractivity contribution is -0.273. The van der Waals surface area contributed by atoms with Gasteiger partial charge in [-0.2, -0.15) is 25.3 Å². The molecule has 0 saturated carbocycles. The van der Waals surface area contributed by atoms with E-state index in [1.54, 1.807) is 0 Å². The number of hydrogen-bond acceptors (Lipinski definition) is 7. The Morgan fingerprint density at radius 1 is 1.19 bits per heavy atom. The average Bonchev–Trinajstić information content (AvgIpc) is 2.22. The monoisotopic (exact) mass is 272 g/mol. The highest BCUT2D eigenvalue weighted by Gasteiger charge is 2.24. The predicted molar refractivity (Wildman–Crippen MR) is 66.8 cm³/mol. The molecule has 0 heterocycles. The molecule has 0 radical (unpaired) electrons. The molecule has 0 aliphatic heterocycles. The zero-order valence-electron chi connectivity index (χ0n) is 9.19. The molecular weight excluding hydrogens is 252 g/mol. The van der Waals surface area contributed by atoms with Crippen molar-refractivity contribution in [2.45, 2.75) is 38.1 Å². The largest absolute Gasteiger partial charge is 0.391 e. The van der Waals surface area contributed by atoms with E-state index >= 15 is 0 Å². The van der Waals surface area contributed by atoms with Gasteiger partial charge in [0.1, 0.15) is 0 Å². The number of aliphatic hydroxyl groups is 3. The van der Waals surface area contributed by atoms with Crippen LogP contribution in [0.15, 0.2) is 0 Å². The highest BCUT2D eigenvalue weighted by atomic mass is 32.1. The van der Waals surface area contributed by atoms with E-state index in [0.717, 1.165) is 0 Å². The Balaban J connectivity index is 4.09. The summed E-state index contributed by atoms with van der Waals surface area (Å²) in [6, 6.07) is 0. The van der Waals surface area contributed by atoms with Crippen molar-refractivity contribution in [3.63, 3.8) is 0 Å². The van der Waals surface area contributed by atoms with Crippen LogP contribution in [0.5, 0.6) is 0 Å². The molecular formula is C9H20O5S2. The number of hydrogen-bond donors (Lipinski definition) is 5. The van der Waals surface area contributed by atoms with E-state index in [4.69, 9.17) is 19.7 Å². The van der Waals surface area contributed by atoms with Crippen LogP contribution < -0.4 is 0 Å². The minimum Gasteiger partial charge on any atom is -0.391 e. The van der Waals surface area contributed by atoms with Gasteiger partial charge in [0.2, 0.25) is 12.6 Å². The summed E-state index contributed by atoms with van der Waals surface area (Å²) in [5.74, 6) is 0.900. The van der Waals surface area contributed by atoms with Crippen LogP contribution >= 0.6 is 25.3 Å². The van der Waals surface area contributed by atoms with Gasteiger partial charge in [0.05, 0.1) is 18.8 Å². The van der Waals surface area contributed by atoms with Crippen LogP contribution in [0.4, 0.5) is 0 Å². The molecule has 0 aliphatic carbocycles. The lowest BCUT2D eigenvalue weighted by atomic mass is 10.2. The van der Waals surface area contributed by atoms with Gasteiger partial charge >= 0.3 is 0 Å². The second-order valence-corrected chi connectivity index (χ2v) is 4.14. The average molecular weight is 272 g/mol. The third-order valence-corrected chi connectivity index (χ3v) is 2.53. The summed E-state index contributed by atoms with van der Waals surface area (Å²) in [6.07, 6.45) is -3.61. The third kappa shape index (κ3) is 6.95. The molecule has 2 unspecified atom stereocenters. The van der Waals surface area contributed by atoms with Gasteiger partial charge in [0.25, 0.3) is 0 Å². The van der Waals surface area contributed by atoms with Crippen molar-refractivity contribution in [2.75, 3.05) is 18.1 Å². The number of aliphatic hydroxyl groups excluding tert-OH is 2. The molecule has 98 valence electrons. The lowest BCUT2D eigenvalue weighted by Crippen LogP contribution is -2.40. The van der Waals surface area contributed by atoms with Gasteiger partial charge in [-0.25, -0.2) is 0 Å². The quantitative estimate of drug-likeness (QED) is 0.225. The Morgan fingerprint density at radius 2 is 1.81 bits per heavy atom. The van der Waals surface area contributed by atoms with Crippen molar-refractivity contribution in [1.29, 1.82) is 0 Å². The summed E-state index contributed by atoms with van der Waals surface area (Å²) in [5.41, 5.74) is 0. The molecule has 16 heavy (non-hydrogen) atoms. The molecule has 3 N–H and O–H groups in total. The summed E-state index contributed by atoms with van der Waals surface area (Å²) in [7, 11) is 0. The van der Waals surface area contributed by atoms with Crippen molar-refractivity contribution in [2.24, 2.45) is 0 Å². The first-order chi connectivity index (χ1) is 7.52. The maximum Gasteiger partial charge on any atom is 0.209 e. The normalized spacial score (nSPS) is 17.4. The van der Waals surface area contributed by atoms with Gasteiger partial charge in [0, 0.05) is 5.75 Å². The van der Waals surface area contributed by atoms with Crippen LogP contribution in [0.25, 0.3) is 0 Å². The van der Waals surface area contributed by atoms with Crippen molar-refractivity contribution in [1.82, 2.24) is 0 Å². The fourth-order valence-corrected chi connectivity index (χ4v) is 1.46.